The molecule has 4 rings (SSSR count). The predicted molar refractivity (Wildman–Crippen MR) is 139 cm³/mol. The quantitative estimate of drug-likeness (QED) is 0.322. The molecule has 0 bridgehead atoms. The van der Waals surface area contributed by atoms with Crippen LogP contribution in [-0.4, -0.2) is 34.7 Å². The zero-order valence-electron chi connectivity index (χ0n) is 19.5. The third-order valence-corrected chi connectivity index (χ3v) is 6.05. The average Bonchev–Trinajstić information content (AvgIpc) is 3.34. The number of thioether (sulfide) groups is 1. The number of rotatable bonds is 9. The number of carbonyl (C=O) groups is 2. The van der Waals surface area contributed by atoms with E-state index in [1.807, 2.05) is 83.6 Å². The fourth-order valence-corrected chi connectivity index (χ4v) is 3.96. The maximum Gasteiger partial charge on any atom is 0.275 e. The highest BCUT2D eigenvalue weighted by atomic mass is 32.2. The normalized spacial score (nSPS) is 10.6. The summed E-state index contributed by atoms with van der Waals surface area (Å²) in [7, 11) is 1.61. The number of imidazole rings is 1. The predicted octanol–water partition coefficient (Wildman–Crippen LogP) is 5.10. The molecule has 8 heteroatoms. The van der Waals surface area contributed by atoms with E-state index < -0.39 is 0 Å². The largest absolute Gasteiger partial charge is 0.497 e. The van der Waals surface area contributed by atoms with Gasteiger partial charge in [-0.25, -0.2) is 4.98 Å². The van der Waals surface area contributed by atoms with Crippen LogP contribution in [0.15, 0.2) is 90.2 Å². The molecule has 0 radical (unpaired) electrons. The first-order valence-corrected chi connectivity index (χ1v) is 12.2. The first-order chi connectivity index (χ1) is 17.0. The van der Waals surface area contributed by atoms with Crippen molar-refractivity contribution in [1.82, 2.24) is 9.55 Å². The minimum atomic E-state index is -0.253. The lowest BCUT2D eigenvalue weighted by Crippen LogP contribution is -2.14. The van der Waals surface area contributed by atoms with Gasteiger partial charge in [0.15, 0.2) is 0 Å². The monoisotopic (exact) mass is 486 g/mol. The van der Waals surface area contributed by atoms with Crippen LogP contribution in [0.2, 0.25) is 0 Å². The summed E-state index contributed by atoms with van der Waals surface area (Å²) in [6, 6.07) is 22.7. The Balaban J connectivity index is 1.30. The van der Waals surface area contributed by atoms with E-state index >= 15 is 0 Å². The summed E-state index contributed by atoms with van der Waals surface area (Å²) >= 11 is 1.62. The Bertz CT molecular complexity index is 1300. The summed E-state index contributed by atoms with van der Waals surface area (Å²) in [5, 5.41) is 5.80. The minimum Gasteiger partial charge on any atom is -0.497 e. The highest BCUT2D eigenvalue weighted by molar-refractivity contribution is 7.98. The van der Waals surface area contributed by atoms with E-state index in [2.05, 4.69) is 15.6 Å². The summed E-state index contributed by atoms with van der Waals surface area (Å²) in [5.74, 6) is 0.421. The number of nitrogens with one attached hydrogen (secondary N) is 2. The van der Waals surface area contributed by atoms with Gasteiger partial charge in [-0.3, -0.25) is 9.59 Å². The van der Waals surface area contributed by atoms with E-state index in [1.54, 1.807) is 31.4 Å². The van der Waals surface area contributed by atoms with Crippen molar-refractivity contribution in [3.63, 3.8) is 0 Å². The Hall–Kier alpha value is -4.04. The molecule has 0 fully saturated rings. The Morgan fingerprint density at radius 1 is 0.943 bits per heavy atom. The number of benzene rings is 3. The van der Waals surface area contributed by atoms with Crippen LogP contribution in [-0.2, 0) is 17.8 Å². The number of amides is 2. The summed E-state index contributed by atoms with van der Waals surface area (Å²) in [6.07, 6.45) is 5.63. The maximum absolute atomic E-state index is 12.5. The molecule has 178 valence electrons. The van der Waals surface area contributed by atoms with Gasteiger partial charge in [-0.2, -0.15) is 0 Å². The van der Waals surface area contributed by atoms with E-state index in [-0.39, 0.29) is 18.2 Å². The van der Waals surface area contributed by atoms with Crippen molar-refractivity contribution < 1.29 is 14.3 Å². The molecule has 3 aromatic carbocycles. The van der Waals surface area contributed by atoms with Crippen LogP contribution in [0, 0.1) is 0 Å². The minimum absolute atomic E-state index is 0.0868. The lowest BCUT2D eigenvalue weighted by atomic mass is 10.1. The van der Waals surface area contributed by atoms with Crippen molar-refractivity contribution in [1.29, 1.82) is 0 Å². The second kappa shape index (κ2) is 11.4. The van der Waals surface area contributed by atoms with Crippen LogP contribution < -0.4 is 15.4 Å². The summed E-state index contributed by atoms with van der Waals surface area (Å²) in [5.41, 5.74) is 3.75. The Morgan fingerprint density at radius 3 is 2.40 bits per heavy atom. The second-order valence-corrected chi connectivity index (χ2v) is 8.77. The summed E-state index contributed by atoms with van der Waals surface area (Å²) in [6.45, 7) is 0.558. The number of anilines is 2. The van der Waals surface area contributed by atoms with Crippen LogP contribution in [0.5, 0.6) is 5.75 Å². The fourth-order valence-electron chi connectivity index (χ4n) is 3.50. The topological polar surface area (TPSA) is 85.2 Å². The number of hydrogen-bond acceptors (Lipinski definition) is 5. The molecule has 0 aliphatic rings. The second-order valence-electron chi connectivity index (χ2n) is 7.89. The lowest BCUT2D eigenvalue weighted by Gasteiger charge is -2.08. The highest BCUT2D eigenvalue weighted by Crippen LogP contribution is 2.19. The van der Waals surface area contributed by atoms with Gasteiger partial charge in [-0.15, -0.1) is 11.8 Å². The molecule has 0 atom stereocenters. The van der Waals surface area contributed by atoms with Crippen molar-refractivity contribution in [3.05, 3.63) is 102 Å². The van der Waals surface area contributed by atoms with E-state index in [1.165, 1.54) is 0 Å². The number of ether oxygens (including phenoxy) is 1. The van der Waals surface area contributed by atoms with Crippen LogP contribution in [0.1, 0.15) is 21.6 Å². The first kappa shape index (κ1) is 24.1. The van der Waals surface area contributed by atoms with Gasteiger partial charge in [-0.1, -0.05) is 30.3 Å². The molecular weight excluding hydrogens is 460 g/mol. The van der Waals surface area contributed by atoms with Crippen molar-refractivity contribution >= 4 is 35.0 Å². The molecule has 4 aromatic rings. The van der Waals surface area contributed by atoms with E-state index in [0.29, 0.717) is 12.2 Å². The number of aromatic nitrogens is 2. The molecule has 0 aliphatic carbocycles. The zero-order chi connectivity index (χ0) is 24.6. The summed E-state index contributed by atoms with van der Waals surface area (Å²) in [4.78, 5) is 30.2. The average molecular weight is 487 g/mol. The molecule has 35 heavy (non-hydrogen) atoms. The van der Waals surface area contributed by atoms with Gasteiger partial charge in [0.25, 0.3) is 5.91 Å². The molecule has 2 amide bonds. The van der Waals surface area contributed by atoms with Crippen molar-refractivity contribution in [2.75, 3.05) is 24.0 Å². The lowest BCUT2D eigenvalue weighted by molar-refractivity contribution is -0.115. The van der Waals surface area contributed by atoms with Gasteiger partial charge >= 0.3 is 0 Å². The molecule has 1 aromatic heterocycles. The molecule has 0 unspecified atom stereocenters. The summed E-state index contributed by atoms with van der Waals surface area (Å²) < 4.78 is 6.99. The van der Waals surface area contributed by atoms with E-state index in [9.17, 15) is 9.59 Å². The van der Waals surface area contributed by atoms with Gasteiger partial charge in [0.2, 0.25) is 5.91 Å². The van der Waals surface area contributed by atoms with Gasteiger partial charge < -0.3 is 19.9 Å². The first-order valence-electron chi connectivity index (χ1n) is 11.0. The third kappa shape index (κ3) is 6.74. The molecular formula is C27H26N4O3S. The maximum atomic E-state index is 12.5. The van der Waals surface area contributed by atoms with Gasteiger partial charge in [-0.05, 0) is 59.8 Å². The molecule has 0 aliphatic heterocycles. The SMILES string of the molecule is COc1ccc(CC(=O)Nc2ccc(Cn3cnc(C(=O)Nc4cccc(SC)c4)c3)cc2)cc1. The van der Waals surface area contributed by atoms with Crippen LogP contribution >= 0.6 is 11.8 Å². The number of hydrogen-bond donors (Lipinski definition) is 2. The highest BCUT2D eigenvalue weighted by Gasteiger charge is 2.11. The van der Waals surface area contributed by atoms with Crippen LogP contribution in [0.25, 0.3) is 0 Å². The Kier molecular flexibility index (Phi) is 7.84. The van der Waals surface area contributed by atoms with E-state index in [0.717, 1.165) is 33.1 Å². The molecule has 2 N–H and O–H groups in total. The molecule has 0 saturated heterocycles. The fraction of sp³-hybridized carbons (Fsp3) is 0.148. The van der Waals surface area contributed by atoms with Crippen LogP contribution in [0.4, 0.5) is 11.4 Å². The number of nitrogens with zero attached hydrogens (tertiary/aromatic N) is 2. The van der Waals surface area contributed by atoms with Gasteiger partial charge in [0.1, 0.15) is 11.4 Å². The van der Waals surface area contributed by atoms with Gasteiger partial charge in [0.05, 0.1) is 19.9 Å². The van der Waals surface area contributed by atoms with Crippen LogP contribution in [0.3, 0.4) is 0 Å². The number of methoxy groups -OCH3 is 1. The number of carbonyl (C=O) groups excluding carboxylic acids is 2. The molecule has 0 spiro atoms. The molecule has 7 nitrogen and oxygen atoms in total. The molecule has 1 heterocycles. The zero-order valence-corrected chi connectivity index (χ0v) is 20.3. The van der Waals surface area contributed by atoms with Gasteiger partial charge in [0, 0.05) is 29.0 Å². The van der Waals surface area contributed by atoms with E-state index in [4.69, 9.17) is 4.74 Å². The Morgan fingerprint density at radius 2 is 1.69 bits per heavy atom. The van der Waals surface area contributed by atoms with Crippen molar-refractivity contribution in [3.8, 4) is 5.75 Å². The Labute approximate surface area is 208 Å². The standard InChI is InChI=1S/C27H26N4O3S/c1-34-23-12-8-19(9-13-23)14-26(32)29-21-10-6-20(7-11-21)16-31-17-25(28-18-31)27(33)30-22-4-3-5-24(15-22)35-2/h3-13,15,17-18H,14,16H2,1-2H3,(H,29,32)(H,30,33). The third-order valence-electron chi connectivity index (χ3n) is 5.32. The van der Waals surface area contributed by atoms with Crippen molar-refractivity contribution in [2.24, 2.45) is 0 Å². The molecule has 0 saturated carbocycles. The van der Waals surface area contributed by atoms with Crippen molar-refractivity contribution in [2.45, 2.75) is 17.9 Å². The smallest absolute Gasteiger partial charge is 0.275 e.